The number of carbonyl (C=O) groups is 2. The molecule has 39 heavy (non-hydrogen) atoms. The maximum atomic E-state index is 13.5. The quantitative estimate of drug-likeness (QED) is 0.290. The van der Waals surface area contributed by atoms with E-state index in [-0.39, 0.29) is 44.3 Å². The Kier molecular flexibility index (Phi) is 7.34. The Bertz CT molecular complexity index is 1560. The van der Waals surface area contributed by atoms with E-state index in [9.17, 15) is 18.4 Å². The molecule has 0 unspecified atom stereocenters. The third kappa shape index (κ3) is 6.26. The summed E-state index contributed by atoms with van der Waals surface area (Å²) in [6.07, 6.45) is 3.93. The zero-order valence-electron chi connectivity index (χ0n) is 20.8. The van der Waals surface area contributed by atoms with Gasteiger partial charge in [-0.15, -0.1) is 0 Å². The van der Waals surface area contributed by atoms with Crippen LogP contribution in [-0.4, -0.2) is 40.7 Å². The second-order valence-corrected chi connectivity index (χ2v) is 9.78. The molecule has 1 aliphatic rings. The van der Waals surface area contributed by atoms with Gasteiger partial charge in [-0.2, -0.15) is 0 Å². The highest BCUT2D eigenvalue weighted by Crippen LogP contribution is 2.34. The van der Waals surface area contributed by atoms with Crippen LogP contribution in [0.3, 0.4) is 0 Å². The standard InChI is InChI=1S/C29H25ClF2N4O3/c30-24-15-19-3-4-20(28(38)36-11-9-29(31,32)10-12-36)13-21(19)14-23(24)25-6-5-22(39-25)17-35-27(37)8-2-18-1-7-26(33)34-16-18/h1-8,13-16H,9-12,17H2,(H2,33,34)(H,35,37)/b8-2+. The average molecular weight is 551 g/mol. The van der Waals surface area contributed by atoms with Crippen LogP contribution < -0.4 is 11.1 Å². The van der Waals surface area contributed by atoms with E-state index in [2.05, 4.69) is 10.3 Å². The Labute approximate surface area is 228 Å². The molecule has 4 aromatic rings. The van der Waals surface area contributed by atoms with Gasteiger partial charge in [-0.25, -0.2) is 13.8 Å². The summed E-state index contributed by atoms with van der Waals surface area (Å²) in [5, 5.41) is 4.81. The first-order valence-electron chi connectivity index (χ1n) is 12.3. The maximum absolute atomic E-state index is 13.5. The first-order chi connectivity index (χ1) is 18.7. The van der Waals surface area contributed by atoms with Crippen LogP contribution in [0.2, 0.25) is 5.02 Å². The van der Waals surface area contributed by atoms with Crippen molar-refractivity contribution in [1.29, 1.82) is 0 Å². The third-order valence-electron chi connectivity index (χ3n) is 6.56. The Balaban J connectivity index is 1.27. The summed E-state index contributed by atoms with van der Waals surface area (Å²) in [7, 11) is 0. The summed E-state index contributed by atoms with van der Waals surface area (Å²) in [6.45, 7) is 0.216. The Morgan fingerprint density at radius 1 is 1.08 bits per heavy atom. The first-order valence-corrected chi connectivity index (χ1v) is 12.7. The van der Waals surface area contributed by atoms with Crippen LogP contribution >= 0.6 is 11.6 Å². The SMILES string of the molecule is Nc1ccc(/C=C/C(=O)NCc2ccc(-c3cc4cc(C(=O)N5CCC(F)(F)CC5)ccc4cc3Cl)o2)cn1. The van der Waals surface area contributed by atoms with E-state index in [1.54, 1.807) is 60.8 Å². The van der Waals surface area contributed by atoms with Crippen LogP contribution in [0.5, 0.6) is 0 Å². The molecule has 2 aromatic heterocycles. The molecule has 5 rings (SSSR count). The topological polar surface area (TPSA) is 101 Å². The molecule has 0 bridgehead atoms. The molecule has 0 radical (unpaired) electrons. The van der Waals surface area contributed by atoms with Gasteiger partial charge in [0.2, 0.25) is 5.91 Å². The number of amides is 2. The second kappa shape index (κ2) is 10.9. The number of alkyl halides is 2. The molecule has 1 fully saturated rings. The van der Waals surface area contributed by atoms with Gasteiger partial charge in [0.1, 0.15) is 17.3 Å². The number of anilines is 1. The lowest BCUT2D eigenvalue weighted by molar-refractivity contribution is -0.116. The number of halogens is 3. The molecule has 0 aliphatic carbocycles. The van der Waals surface area contributed by atoms with Gasteiger partial charge in [0, 0.05) is 49.3 Å². The number of carbonyl (C=O) groups excluding carboxylic acids is 2. The molecule has 3 heterocycles. The number of aromatic nitrogens is 1. The van der Waals surface area contributed by atoms with Crippen LogP contribution in [0.25, 0.3) is 28.2 Å². The minimum Gasteiger partial charge on any atom is -0.459 e. The number of furan rings is 1. The average Bonchev–Trinajstić information content (AvgIpc) is 3.39. The number of nitrogens with two attached hydrogens (primary N) is 1. The van der Waals surface area contributed by atoms with Crippen molar-refractivity contribution in [1.82, 2.24) is 15.2 Å². The van der Waals surface area contributed by atoms with Crippen molar-refractivity contribution in [3.05, 3.63) is 88.8 Å². The number of rotatable bonds is 6. The smallest absolute Gasteiger partial charge is 0.253 e. The van der Waals surface area contributed by atoms with Crippen molar-refractivity contribution in [2.45, 2.75) is 25.3 Å². The highest BCUT2D eigenvalue weighted by molar-refractivity contribution is 6.34. The van der Waals surface area contributed by atoms with Gasteiger partial charge in [0.15, 0.2) is 0 Å². The number of fused-ring (bicyclic) bond motifs is 1. The number of nitrogen functional groups attached to an aromatic ring is 1. The minimum atomic E-state index is -2.72. The van der Waals surface area contributed by atoms with Crippen LogP contribution in [0.1, 0.15) is 34.5 Å². The normalized spacial score (nSPS) is 15.1. The molecule has 1 aliphatic heterocycles. The number of hydrogen-bond donors (Lipinski definition) is 2. The molecule has 200 valence electrons. The number of benzene rings is 2. The van der Waals surface area contributed by atoms with Crippen molar-refractivity contribution in [3.63, 3.8) is 0 Å². The second-order valence-electron chi connectivity index (χ2n) is 9.38. The van der Waals surface area contributed by atoms with Gasteiger partial charge >= 0.3 is 0 Å². The Hall–Kier alpha value is -4.24. The molecule has 1 saturated heterocycles. The van der Waals surface area contributed by atoms with Crippen molar-refractivity contribution in [2.24, 2.45) is 0 Å². The zero-order valence-corrected chi connectivity index (χ0v) is 21.6. The number of nitrogens with one attached hydrogen (secondary N) is 1. The van der Waals surface area contributed by atoms with Crippen LogP contribution in [0.15, 0.2) is 71.3 Å². The summed E-state index contributed by atoms with van der Waals surface area (Å²) >= 11 is 6.54. The molecule has 2 aromatic carbocycles. The molecular formula is C29H25ClF2N4O3. The summed E-state index contributed by atoms with van der Waals surface area (Å²) in [5.74, 6) is -1.86. The number of hydrogen-bond acceptors (Lipinski definition) is 5. The number of piperidine rings is 1. The molecule has 3 N–H and O–H groups in total. The molecule has 2 amide bonds. The fourth-order valence-corrected chi connectivity index (χ4v) is 4.61. The van der Waals surface area contributed by atoms with Gasteiger partial charge in [-0.1, -0.05) is 17.7 Å². The molecular weight excluding hydrogens is 526 g/mol. The van der Waals surface area contributed by atoms with Crippen molar-refractivity contribution in [2.75, 3.05) is 18.8 Å². The fraction of sp³-hybridized carbons (Fsp3) is 0.207. The predicted octanol–water partition coefficient (Wildman–Crippen LogP) is 5.93. The lowest BCUT2D eigenvalue weighted by Gasteiger charge is -2.31. The van der Waals surface area contributed by atoms with Crippen LogP contribution in [0.4, 0.5) is 14.6 Å². The van der Waals surface area contributed by atoms with E-state index in [4.69, 9.17) is 21.8 Å². The van der Waals surface area contributed by atoms with Gasteiger partial charge in [0.05, 0.1) is 11.6 Å². The monoisotopic (exact) mass is 550 g/mol. The number of likely N-dealkylation sites (tertiary alicyclic amines) is 1. The highest BCUT2D eigenvalue weighted by atomic mass is 35.5. The summed E-state index contributed by atoms with van der Waals surface area (Å²) in [6, 6.07) is 15.7. The number of nitrogens with zero attached hydrogens (tertiary/aromatic N) is 2. The van der Waals surface area contributed by atoms with Crippen LogP contribution in [0, 0.1) is 0 Å². The lowest BCUT2D eigenvalue weighted by atomic mass is 10.0. The highest BCUT2D eigenvalue weighted by Gasteiger charge is 2.35. The molecule has 7 nitrogen and oxygen atoms in total. The molecule has 10 heteroatoms. The first kappa shape index (κ1) is 26.4. The van der Waals surface area contributed by atoms with E-state index in [1.807, 2.05) is 6.07 Å². The molecule has 0 saturated carbocycles. The third-order valence-corrected chi connectivity index (χ3v) is 6.87. The van der Waals surface area contributed by atoms with E-state index < -0.39 is 5.92 Å². The summed E-state index contributed by atoms with van der Waals surface area (Å²) < 4.78 is 32.9. The number of pyridine rings is 1. The van der Waals surface area contributed by atoms with E-state index in [0.717, 1.165) is 16.3 Å². The summed E-state index contributed by atoms with van der Waals surface area (Å²) in [4.78, 5) is 30.6. The van der Waals surface area contributed by atoms with E-state index >= 15 is 0 Å². The largest absolute Gasteiger partial charge is 0.459 e. The predicted molar refractivity (Wildman–Crippen MR) is 146 cm³/mol. The molecule has 0 atom stereocenters. The van der Waals surface area contributed by atoms with Gasteiger partial charge in [-0.3, -0.25) is 9.59 Å². The Morgan fingerprint density at radius 3 is 2.62 bits per heavy atom. The van der Waals surface area contributed by atoms with Crippen molar-refractivity contribution < 1.29 is 22.8 Å². The summed E-state index contributed by atoms with van der Waals surface area (Å²) in [5.41, 5.74) is 7.35. The van der Waals surface area contributed by atoms with Gasteiger partial charge < -0.3 is 20.4 Å². The van der Waals surface area contributed by atoms with E-state index in [1.165, 1.54) is 11.0 Å². The van der Waals surface area contributed by atoms with Gasteiger partial charge in [-0.05, 0) is 70.9 Å². The van der Waals surface area contributed by atoms with Crippen molar-refractivity contribution >= 4 is 46.1 Å². The molecule has 0 spiro atoms. The zero-order chi connectivity index (χ0) is 27.6. The van der Waals surface area contributed by atoms with E-state index in [0.29, 0.717) is 33.5 Å². The van der Waals surface area contributed by atoms with Gasteiger partial charge in [0.25, 0.3) is 11.8 Å². The maximum Gasteiger partial charge on any atom is 0.253 e. The Morgan fingerprint density at radius 2 is 1.87 bits per heavy atom. The van der Waals surface area contributed by atoms with Crippen LogP contribution in [-0.2, 0) is 11.3 Å². The lowest BCUT2D eigenvalue weighted by Crippen LogP contribution is -2.42. The fourth-order valence-electron chi connectivity index (χ4n) is 4.35. The van der Waals surface area contributed by atoms with Crippen molar-refractivity contribution in [3.8, 4) is 11.3 Å². The minimum absolute atomic E-state index is 0.0236.